The molecule has 0 aliphatic rings. The van der Waals surface area contributed by atoms with E-state index in [0.29, 0.717) is 47.5 Å². The molecule has 0 unspecified atom stereocenters. The molecule has 0 radical (unpaired) electrons. The maximum Gasteiger partial charge on any atom is 0.258 e. The molecule has 0 saturated heterocycles. The number of carbonyl (C=O) groups excluding carboxylic acids is 1. The Bertz CT molecular complexity index is 829. The van der Waals surface area contributed by atoms with Crippen LogP contribution in [0, 0.1) is 0 Å². The van der Waals surface area contributed by atoms with Gasteiger partial charge >= 0.3 is 0 Å². The Morgan fingerprint density at radius 1 is 1.12 bits per heavy atom. The Labute approximate surface area is 152 Å². The Kier molecular flexibility index (Phi) is 7.03. The van der Waals surface area contributed by atoms with Crippen molar-refractivity contribution in [1.29, 1.82) is 0 Å². The summed E-state index contributed by atoms with van der Waals surface area (Å²) in [6.07, 6.45) is 3.46. The van der Waals surface area contributed by atoms with Crippen LogP contribution >= 0.6 is 0 Å². The normalized spacial score (nSPS) is 10.8. The monoisotopic (exact) mass is 362 g/mol. The number of amides is 1. The summed E-state index contributed by atoms with van der Waals surface area (Å²) in [6, 6.07) is 3.29. The number of pyridine rings is 1. The van der Waals surface area contributed by atoms with Crippen LogP contribution in [0.2, 0.25) is 0 Å². The van der Waals surface area contributed by atoms with Gasteiger partial charge in [0.05, 0.1) is 31.8 Å². The van der Waals surface area contributed by atoms with Crippen molar-refractivity contribution in [2.45, 2.75) is 26.3 Å². The van der Waals surface area contributed by atoms with Gasteiger partial charge in [0, 0.05) is 31.8 Å². The number of unbranched alkanes of at least 4 members (excludes halogenated alkanes) is 1. The minimum atomic E-state index is -0.221. The number of fused-ring (bicyclic) bond motifs is 1. The fourth-order valence-corrected chi connectivity index (χ4v) is 2.73. The number of hydrogen-bond acceptors (Lipinski definition) is 5. The van der Waals surface area contributed by atoms with Crippen LogP contribution in [0.3, 0.4) is 0 Å². The van der Waals surface area contributed by atoms with Crippen LogP contribution in [-0.2, 0) is 11.3 Å². The smallest absolute Gasteiger partial charge is 0.258 e. The van der Waals surface area contributed by atoms with Gasteiger partial charge in [-0.2, -0.15) is 0 Å². The Morgan fingerprint density at radius 2 is 1.77 bits per heavy atom. The van der Waals surface area contributed by atoms with Gasteiger partial charge in [-0.05, 0) is 18.6 Å². The number of rotatable bonds is 9. The van der Waals surface area contributed by atoms with Crippen LogP contribution in [0.4, 0.5) is 0 Å². The lowest BCUT2D eigenvalue weighted by Gasteiger charge is -2.15. The predicted octanol–water partition coefficient (Wildman–Crippen LogP) is 2.19. The highest BCUT2D eigenvalue weighted by Gasteiger charge is 2.18. The number of benzene rings is 1. The van der Waals surface area contributed by atoms with E-state index < -0.39 is 0 Å². The average molecular weight is 362 g/mol. The van der Waals surface area contributed by atoms with Gasteiger partial charge in [-0.15, -0.1) is 0 Å². The van der Waals surface area contributed by atoms with Crippen LogP contribution in [0.25, 0.3) is 10.8 Å². The second-order valence-electron chi connectivity index (χ2n) is 5.90. The Balaban J connectivity index is 2.64. The van der Waals surface area contributed by atoms with E-state index >= 15 is 0 Å². The van der Waals surface area contributed by atoms with Crippen molar-refractivity contribution >= 4 is 16.7 Å². The molecular formula is C19H26N2O5. The van der Waals surface area contributed by atoms with Gasteiger partial charge in [-0.3, -0.25) is 9.59 Å². The fourth-order valence-electron chi connectivity index (χ4n) is 2.73. The first kappa shape index (κ1) is 19.8. The van der Waals surface area contributed by atoms with E-state index in [9.17, 15) is 9.59 Å². The number of nitrogens with zero attached hydrogens (tertiary/aromatic N) is 1. The van der Waals surface area contributed by atoms with Crippen molar-refractivity contribution in [1.82, 2.24) is 9.88 Å². The summed E-state index contributed by atoms with van der Waals surface area (Å²) in [4.78, 5) is 25.5. The minimum Gasteiger partial charge on any atom is -0.493 e. The molecule has 0 fully saturated rings. The first-order chi connectivity index (χ1) is 12.6. The lowest BCUT2D eigenvalue weighted by molar-refractivity contribution is 0.0953. The minimum absolute atomic E-state index is 0.205. The largest absolute Gasteiger partial charge is 0.493 e. The van der Waals surface area contributed by atoms with Crippen LogP contribution < -0.4 is 20.3 Å². The Hall–Kier alpha value is -2.54. The van der Waals surface area contributed by atoms with E-state index in [4.69, 9.17) is 14.2 Å². The number of carbonyl (C=O) groups is 1. The number of aromatic nitrogens is 1. The van der Waals surface area contributed by atoms with E-state index in [-0.39, 0.29) is 11.5 Å². The maximum absolute atomic E-state index is 12.8. The number of ether oxygens (including phenoxy) is 3. The van der Waals surface area contributed by atoms with E-state index in [1.807, 2.05) is 0 Å². The molecule has 0 spiro atoms. The molecule has 1 heterocycles. The number of hydrogen-bond donors (Lipinski definition) is 1. The van der Waals surface area contributed by atoms with Crippen LogP contribution in [0.5, 0.6) is 11.5 Å². The fraction of sp³-hybridized carbons (Fsp3) is 0.474. The Morgan fingerprint density at radius 3 is 2.35 bits per heavy atom. The molecule has 7 nitrogen and oxygen atoms in total. The van der Waals surface area contributed by atoms with Crippen molar-refractivity contribution in [3.05, 3.63) is 34.2 Å². The van der Waals surface area contributed by atoms with Gasteiger partial charge in [0.2, 0.25) is 0 Å². The summed E-state index contributed by atoms with van der Waals surface area (Å²) in [7, 11) is 4.59. The highest BCUT2D eigenvalue weighted by molar-refractivity contribution is 6.07. The standard InChI is InChI=1S/C19H26N2O5/c1-5-6-7-20-18(22)15-12-21(8-9-24-2)19(23)14-11-17(26-4)16(25-3)10-13(14)15/h10-12H,5-9H2,1-4H3,(H,20,22). The molecule has 1 aromatic heterocycles. The number of nitrogens with one attached hydrogen (secondary N) is 1. The van der Waals surface area contributed by atoms with Crippen molar-refractivity contribution in [3.63, 3.8) is 0 Å². The molecule has 2 aromatic rings. The first-order valence-corrected chi connectivity index (χ1v) is 8.63. The third-order valence-electron chi connectivity index (χ3n) is 4.19. The topological polar surface area (TPSA) is 78.8 Å². The second kappa shape index (κ2) is 9.24. The first-order valence-electron chi connectivity index (χ1n) is 8.63. The molecule has 0 aliphatic carbocycles. The van der Waals surface area contributed by atoms with Gasteiger partial charge < -0.3 is 24.1 Å². The summed E-state index contributed by atoms with van der Waals surface area (Å²) < 4.78 is 17.2. The molecule has 1 aromatic carbocycles. The summed E-state index contributed by atoms with van der Waals surface area (Å²) in [5.74, 6) is 0.692. The van der Waals surface area contributed by atoms with E-state index in [1.165, 1.54) is 18.8 Å². The van der Waals surface area contributed by atoms with Crippen molar-refractivity contribution in [2.24, 2.45) is 0 Å². The van der Waals surface area contributed by atoms with E-state index in [1.54, 1.807) is 25.4 Å². The van der Waals surface area contributed by atoms with Gasteiger partial charge in [0.15, 0.2) is 11.5 Å². The van der Waals surface area contributed by atoms with Crippen LogP contribution in [-0.4, -0.2) is 45.0 Å². The highest BCUT2D eigenvalue weighted by atomic mass is 16.5. The molecule has 0 aliphatic heterocycles. The molecule has 0 atom stereocenters. The molecule has 7 heteroatoms. The molecular weight excluding hydrogens is 336 g/mol. The van der Waals surface area contributed by atoms with Gasteiger partial charge in [0.25, 0.3) is 11.5 Å². The van der Waals surface area contributed by atoms with E-state index in [2.05, 4.69) is 12.2 Å². The van der Waals surface area contributed by atoms with Crippen molar-refractivity contribution in [2.75, 3.05) is 34.5 Å². The van der Waals surface area contributed by atoms with Gasteiger partial charge in [-0.25, -0.2) is 0 Å². The molecule has 142 valence electrons. The summed E-state index contributed by atoms with van der Waals surface area (Å²) in [6.45, 7) is 3.37. The molecule has 1 N–H and O–H groups in total. The zero-order chi connectivity index (χ0) is 19.1. The summed E-state index contributed by atoms with van der Waals surface area (Å²) >= 11 is 0. The SMILES string of the molecule is CCCCNC(=O)c1cn(CCOC)c(=O)c2cc(OC)c(OC)cc12. The lowest BCUT2D eigenvalue weighted by Crippen LogP contribution is -2.29. The average Bonchev–Trinajstić information content (AvgIpc) is 2.66. The molecule has 2 rings (SSSR count). The maximum atomic E-state index is 12.8. The third kappa shape index (κ3) is 4.16. The number of methoxy groups -OCH3 is 3. The predicted molar refractivity (Wildman–Crippen MR) is 100 cm³/mol. The van der Waals surface area contributed by atoms with Gasteiger partial charge in [-0.1, -0.05) is 13.3 Å². The second-order valence-corrected chi connectivity index (χ2v) is 5.90. The van der Waals surface area contributed by atoms with Crippen molar-refractivity contribution < 1.29 is 19.0 Å². The molecule has 26 heavy (non-hydrogen) atoms. The van der Waals surface area contributed by atoms with Crippen LogP contribution in [0.1, 0.15) is 30.1 Å². The summed E-state index contributed by atoms with van der Waals surface area (Å²) in [5.41, 5.74) is 0.218. The zero-order valence-corrected chi connectivity index (χ0v) is 15.8. The zero-order valence-electron chi connectivity index (χ0n) is 15.8. The third-order valence-corrected chi connectivity index (χ3v) is 4.19. The lowest BCUT2D eigenvalue weighted by atomic mass is 10.1. The van der Waals surface area contributed by atoms with Crippen molar-refractivity contribution in [3.8, 4) is 11.5 Å². The van der Waals surface area contributed by atoms with E-state index in [0.717, 1.165) is 12.8 Å². The highest BCUT2D eigenvalue weighted by Crippen LogP contribution is 2.32. The molecule has 0 bridgehead atoms. The van der Waals surface area contributed by atoms with Crippen LogP contribution in [0.15, 0.2) is 23.1 Å². The summed E-state index contributed by atoms with van der Waals surface area (Å²) in [5, 5.41) is 3.85. The molecule has 1 amide bonds. The van der Waals surface area contributed by atoms with Gasteiger partial charge in [0.1, 0.15) is 0 Å². The molecule has 0 saturated carbocycles. The quantitative estimate of drug-likeness (QED) is 0.692.